The van der Waals surface area contributed by atoms with Gasteiger partial charge in [-0.1, -0.05) is 13.8 Å². The van der Waals surface area contributed by atoms with Gasteiger partial charge in [-0.2, -0.15) is 0 Å². The molecule has 3 rings (SSSR count). The molecule has 6 heteroatoms. The molecule has 1 saturated heterocycles. The molecule has 1 N–H and O–H groups in total. The van der Waals surface area contributed by atoms with Crippen LogP contribution in [0.4, 0.5) is 5.69 Å². The molecule has 1 atom stereocenters. The minimum atomic E-state index is -0.968. The van der Waals surface area contributed by atoms with Crippen molar-refractivity contribution in [3.05, 3.63) is 54.1 Å². The molecule has 0 saturated carbocycles. The lowest BCUT2D eigenvalue weighted by atomic mass is 10.1. The Labute approximate surface area is 171 Å². The number of carboxylic acid groups (broad SMARTS) is 1. The van der Waals surface area contributed by atoms with Crippen molar-refractivity contribution in [3.8, 4) is 11.5 Å². The number of amides is 1. The summed E-state index contributed by atoms with van der Waals surface area (Å²) in [6.07, 6.45) is 1.44. The lowest BCUT2D eigenvalue weighted by molar-refractivity contribution is -0.117. The average Bonchev–Trinajstić information content (AvgIpc) is 3.07. The summed E-state index contributed by atoms with van der Waals surface area (Å²) in [5.41, 5.74) is 1.08. The number of rotatable bonds is 9. The third-order valence-corrected chi connectivity index (χ3v) is 4.90. The maximum Gasteiger partial charge on any atom is 0.335 e. The van der Waals surface area contributed by atoms with Gasteiger partial charge in [0.15, 0.2) is 0 Å². The van der Waals surface area contributed by atoms with E-state index in [1.165, 1.54) is 12.1 Å². The highest BCUT2D eigenvalue weighted by atomic mass is 16.5. The van der Waals surface area contributed by atoms with Gasteiger partial charge in [0.05, 0.1) is 18.8 Å². The van der Waals surface area contributed by atoms with Crippen LogP contribution in [0.1, 0.15) is 37.0 Å². The SMILES string of the molecule is CC(C)CCOc1ccc(N2CC(COc3ccc(C(=O)O)cc3)CC2=O)cc1. The van der Waals surface area contributed by atoms with Crippen molar-refractivity contribution in [2.45, 2.75) is 26.7 Å². The highest BCUT2D eigenvalue weighted by Crippen LogP contribution is 2.27. The second-order valence-electron chi connectivity index (χ2n) is 7.74. The Balaban J connectivity index is 1.51. The molecule has 1 heterocycles. The van der Waals surface area contributed by atoms with Crippen molar-refractivity contribution in [2.24, 2.45) is 11.8 Å². The number of carbonyl (C=O) groups excluding carboxylic acids is 1. The van der Waals surface area contributed by atoms with E-state index in [-0.39, 0.29) is 17.4 Å². The summed E-state index contributed by atoms with van der Waals surface area (Å²) < 4.78 is 11.5. The standard InChI is InChI=1S/C23H27NO5/c1-16(2)11-12-28-20-9-5-19(6-10-20)24-14-17(13-22(24)25)15-29-21-7-3-18(4-8-21)23(26)27/h3-10,16-17H,11-15H2,1-2H3,(H,26,27). The minimum Gasteiger partial charge on any atom is -0.494 e. The summed E-state index contributed by atoms with van der Waals surface area (Å²) in [5.74, 6) is 1.21. The van der Waals surface area contributed by atoms with Crippen LogP contribution in [0, 0.1) is 11.8 Å². The molecule has 1 unspecified atom stereocenters. The van der Waals surface area contributed by atoms with E-state index in [4.69, 9.17) is 14.6 Å². The number of carboxylic acids is 1. The number of nitrogens with zero attached hydrogens (tertiary/aromatic N) is 1. The van der Waals surface area contributed by atoms with Gasteiger partial charge in [-0.05, 0) is 60.9 Å². The van der Waals surface area contributed by atoms with Gasteiger partial charge in [-0.3, -0.25) is 4.79 Å². The molecule has 154 valence electrons. The summed E-state index contributed by atoms with van der Waals surface area (Å²) >= 11 is 0. The first-order valence-electron chi connectivity index (χ1n) is 9.91. The first kappa shape index (κ1) is 20.7. The molecule has 2 aromatic carbocycles. The maximum atomic E-state index is 12.4. The van der Waals surface area contributed by atoms with E-state index in [9.17, 15) is 9.59 Å². The van der Waals surface area contributed by atoms with Gasteiger partial charge in [0.1, 0.15) is 11.5 Å². The van der Waals surface area contributed by atoms with Crippen molar-refractivity contribution in [1.82, 2.24) is 0 Å². The summed E-state index contributed by atoms with van der Waals surface area (Å²) in [6, 6.07) is 13.9. The Morgan fingerprint density at radius 3 is 2.31 bits per heavy atom. The fraction of sp³-hybridized carbons (Fsp3) is 0.391. The second kappa shape index (κ2) is 9.45. The largest absolute Gasteiger partial charge is 0.494 e. The lowest BCUT2D eigenvalue weighted by Crippen LogP contribution is -2.25. The number of hydrogen-bond donors (Lipinski definition) is 1. The van der Waals surface area contributed by atoms with Gasteiger partial charge in [-0.15, -0.1) is 0 Å². The van der Waals surface area contributed by atoms with Gasteiger partial charge in [0.2, 0.25) is 5.91 Å². The van der Waals surface area contributed by atoms with Crippen LogP contribution in [0.2, 0.25) is 0 Å². The number of hydrogen-bond acceptors (Lipinski definition) is 4. The van der Waals surface area contributed by atoms with Gasteiger partial charge < -0.3 is 19.5 Å². The number of carbonyl (C=O) groups is 2. The van der Waals surface area contributed by atoms with E-state index >= 15 is 0 Å². The van der Waals surface area contributed by atoms with E-state index in [1.54, 1.807) is 17.0 Å². The Hall–Kier alpha value is -3.02. The predicted molar refractivity (Wildman–Crippen MR) is 111 cm³/mol. The fourth-order valence-electron chi connectivity index (χ4n) is 3.19. The number of ether oxygens (including phenoxy) is 2. The Morgan fingerprint density at radius 1 is 1.07 bits per heavy atom. The third kappa shape index (κ3) is 5.73. The zero-order chi connectivity index (χ0) is 20.8. The van der Waals surface area contributed by atoms with E-state index < -0.39 is 5.97 Å². The third-order valence-electron chi connectivity index (χ3n) is 4.90. The second-order valence-corrected chi connectivity index (χ2v) is 7.74. The van der Waals surface area contributed by atoms with Gasteiger partial charge in [0.25, 0.3) is 0 Å². The van der Waals surface area contributed by atoms with Gasteiger partial charge in [-0.25, -0.2) is 4.79 Å². The van der Waals surface area contributed by atoms with Crippen LogP contribution in [0.15, 0.2) is 48.5 Å². The van der Waals surface area contributed by atoms with Crippen molar-refractivity contribution in [1.29, 1.82) is 0 Å². The normalized spacial score (nSPS) is 16.3. The Kier molecular flexibility index (Phi) is 6.75. The summed E-state index contributed by atoms with van der Waals surface area (Å²) in [4.78, 5) is 25.1. The molecule has 29 heavy (non-hydrogen) atoms. The number of benzene rings is 2. The molecule has 0 aromatic heterocycles. The zero-order valence-electron chi connectivity index (χ0n) is 16.8. The van der Waals surface area contributed by atoms with E-state index in [1.807, 2.05) is 24.3 Å². The topological polar surface area (TPSA) is 76.1 Å². The van der Waals surface area contributed by atoms with Crippen LogP contribution < -0.4 is 14.4 Å². The molecule has 0 aliphatic carbocycles. The molecular formula is C23H27NO5. The summed E-state index contributed by atoms with van der Waals surface area (Å²) in [5, 5.41) is 8.93. The first-order valence-corrected chi connectivity index (χ1v) is 9.91. The Bertz CT molecular complexity index is 829. The van der Waals surface area contributed by atoms with E-state index in [0.29, 0.717) is 37.8 Å². The van der Waals surface area contributed by atoms with E-state index in [2.05, 4.69) is 13.8 Å². The van der Waals surface area contributed by atoms with Gasteiger partial charge in [0, 0.05) is 24.6 Å². The first-order chi connectivity index (χ1) is 13.9. The molecule has 6 nitrogen and oxygen atoms in total. The van der Waals surface area contributed by atoms with E-state index in [0.717, 1.165) is 17.9 Å². The molecule has 1 aliphatic rings. The molecule has 1 amide bonds. The summed E-state index contributed by atoms with van der Waals surface area (Å²) in [6.45, 7) is 6.02. The molecule has 1 fully saturated rings. The molecule has 0 radical (unpaired) electrons. The summed E-state index contributed by atoms with van der Waals surface area (Å²) in [7, 11) is 0. The molecule has 2 aromatic rings. The van der Waals surface area contributed by atoms with Crippen LogP contribution in [-0.2, 0) is 4.79 Å². The number of anilines is 1. The van der Waals surface area contributed by atoms with Crippen LogP contribution in [0.5, 0.6) is 11.5 Å². The average molecular weight is 397 g/mol. The van der Waals surface area contributed by atoms with Gasteiger partial charge >= 0.3 is 5.97 Å². The van der Waals surface area contributed by atoms with Crippen LogP contribution in [0.25, 0.3) is 0 Å². The van der Waals surface area contributed by atoms with Crippen molar-refractivity contribution in [3.63, 3.8) is 0 Å². The highest BCUT2D eigenvalue weighted by Gasteiger charge is 2.31. The smallest absolute Gasteiger partial charge is 0.335 e. The monoisotopic (exact) mass is 397 g/mol. The maximum absolute atomic E-state index is 12.4. The predicted octanol–water partition coefficient (Wildman–Crippen LogP) is 4.24. The van der Waals surface area contributed by atoms with Crippen molar-refractivity contribution >= 4 is 17.6 Å². The lowest BCUT2D eigenvalue weighted by Gasteiger charge is -2.18. The zero-order valence-corrected chi connectivity index (χ0v) is 16.8. The Morgan fingerprint density at radius 2 is 1.69 bits per heavy atom. The highest BCUT2D eigenvalue weighted by molar-refractivity contribution is 5.95. The van der Waals surface area contributed by atoms with Crippen LogP contribution in [-0.4, -0.2) is 36.7 Å². The minimum absolute atomic E-state index is 0.0771. The van der Waals surface area contributed by atoms with Crippen molar-refractivity contribution in [2.75, 3.05) is 24.7 Å². The van der Waals surface area contributed by atoms with Crippen LogP contribution in [0.3, 0.4) is 0 Å². The van der Waals surface area contributed by atoms with Crippen LogP contribution >= 0.6 is 0 Å². The quantitative estimate of drug-likeness (QED) is 0.685. The number of aromatic carboxylic acids is 1. The van der Waals surface area contributed by atoms with Crippen molar-refractivity contribution < 1.29 is 24.2 Å². The molecule has 0 bridgehead atoms. The molecule has 1 aliphatic heterocycles. The molecular weight excluding hydrogens is 370 g/mol. The fourth-order valence-corrected chi connectivity index (χ4v) is 3.19. The molecule has 0 spiro atoms.